The lowest BCUT2D eigenvalue weighted by Crippen LogP contribution is -1.95. The number of rotatable bonds is 2. The van der Waals surface area contributed by atoms with Crippen molar-refractivity contribution in [2.24, 2.45) is 0 Å². The summed E-state index contributed by atoms with van der Waals surface area (Å²) in [4.78, 5) is -0.400. The van der Waals surface area contributed by atoms with Crippen molar-refractivity contribution in [1.29, 1.82) is 0 Å². The summed E-state index contributed by atoms with van der Waals surface area (Å²) in [5, 5.41) is -0.147. The molecule has 0 N–H and O–H groups in total. The summed E-state index contributed by atoms with van der Waals surface area (Å²) in [5.41, 5.74) is 0. The van der Waals surface area contributed by atoms with Crippen LogP contribution in [0.4, 0.5) is 4.39 Å². The second-order valence-electron chi connectivity index (χ2n) is 2.36. The minimum atomic E-state index is -3.98. The average molecular weight is 259 g/mol. The van der Waals surface area contributed by atoms with Crippen LogP contribution < -0.4 is 4.74 Å². The fraction of sp³-hybridized carbons (Fsp3) is 0.143. The van der Waals surface area contributed by atoms with Crippen LogP contribution in [-0.4, -0.2) is 15.5 Å². The fourth-order valence-corrected chi connectivity index (χ4v) is 1.99. The number of ether oxygens (including phenoxy) is 1. The van der Waals surface area contributed by atoms with Gasteiger partial charge in [-0.25, -0.2) is 12.8 Å². The maximum Gasteiger partial charge on any atom is 0.261 e. The van der Waals surface area contributed by atoms with Crippen LogP contribution in [0.3, 0.4) is 0 Å². The Bertz CT molecular complexity index is 435. The van der Waals surface area contributed by atoms with E-state index in [1.807, 2.05) is 0 Å². The molecule has 0 radical (unpaired) electrons. The molecule has 0 spiro atoms. The Morgan fingerprint density at radius 3 is 2.36 bits per heavy atom. The topological polar surface area (TPSA) is 43.4 Å². The van der Waals surface area contributed by atoms with Crippen molar-refractivity contribution in [2.75, 3.05) is 7.11 Å². The summed E-state index contributed by atoms with van der Waals surface area (Å²) in [7, 11) is 2.24. The molecule has 78 valence electrons. The fourth-order valence-electron chi connectivity index (χ4n) is 0.872. The smallest absolute Gasteiger partial charge is 0.261 e. The predicted octanol–water partition coefficient (Wildman–Crippen LogP) is 2.42. The lowest BCUT2D eigenvalue weighted by molar-refractivity contribution is 0.386. The lowest BCUT2D eigenvalue weighted by Gasteiger charge is -2.05. The van der Waals surface area contributed by atoms with Gasteiger partial charge in [0, 0.05) is 10.7 Å². The number of hydrogen-bond acceptors (Lipinski definition) is 3. The molecule has 0 fully saturated rings. The van der Waals surface area contributed by atoms with Gasteiger partial charge in [0.05, 0.1) is 17.0 Å². The Morgan fingerprint density at radius 1 is 1.43 bits per heavy atom. The molecule has 0 saturated heterocycles. The van der Waals surface area contributed by atoms with Crippen molar-refractivity contribution in [3.63, 3.8) is 0 Å². The molecule has 0 aliphatic rings. The summed E-state index contributed by atoms with van der Waals surface area (Å²) >= 11 is 5.55. The summed E-state index contributed by atoms with van der Waals surface area (Å²) in [6, 6.07) is 1.76. The molecular weight excluding hydrogens is 254 g/mol. The number of hydrogen-bond donors (Lipinski definition) is 0. The molecule has 0 heterocycles. The van der Waals surface area contributed by atoms with Gasteiger partial charge >= 0.3 is 0 Å². The summed E-state index contributed by atoms with van der Waals surface area (Å²) in [6.45, 7) is 0. The first kappa shape index (κ1) is 11.6. The van der Waals surface area contributed by atoms with Crippen LogP contribution in [0.1, 0.15) is 0 Å². The van der Waals surface area contributed by atoms with Gasteiger partial charge in [-0.2, -0.15) is 0 Å². The van der Waals surface area contributed by atoms with E-state index < -0.39 is 19.8 Å². The highest BCUT2D eigenvalue weighted by molar-refractivity contribution is 8.13. The number of methoxy groups -OCH3 is 1. The van der Waals surface area contributed by atoms with Gasteiger partial charge in [-0.3, -0.25) is 0 Å². The third-order valence-corrected chi connectivity index (χ3v) is 3.07. The second-order valence-corrected chi connectivity index (χ2v) is 5.33. The molecule has 1 rings (SSSR count). The van der Waals surface area contributed by atoms with Gasteiger partial charge in [-0.05, 0) is 12.1 Å². The maximum atomic E-state index is 13.1. The molecule has 0 bridgehead atoms. The molecule has 0 atom stereocenters. The Hall–Kier alpha value is -0.520. The minimum absolute atomic E-state index is 0.147. The van der Waals surface area contributed by atoms with Crippen LogP contribution in [0.2, 0.25) is 5.02 Å². The van der Waals surface area contributed by atoms with Crippen molar-refractivity contribution in [3.05, 3.63) is 23.0 Å². The van der Waals surface area contributed by atoms with E-state index in [1.165, 1.54) is 7.11 Å². The Balaban J connectivity index is 3.43. The molecule has 0 saturated carbocycles. The first-order valence-corrected chi connectivity index (χ1v) is 6.02. The second kappa shape index (κ2) is 3.92. The third kappa shape index (κ3) is 2.29. The van der Waals surface area contributed by atoms with E-state index in [-0.39, 0.29) is 10.8 Å². The maximum absolute atomic E-state index is 13.1. The van der Waals surface area contributed by atoms with E-state index in [2.05, 4.69) is 4.74 Å². The van der Waals surface area contributed by atoms with Crippen molar-refractivity contribution < 1.29 is 17.5 Å². The molecule has 1 aromatic rings. The summed E-state index contributed by atoms with van der Waals surface area (Å²) < 4.78 is 39.4. The van der Waals surface area contributed by atoms with Gasteiger partial charge in [0.1, 0.15) is 0 Å². The van der Waals surface area contributed by atoms with Crippen LogP contribution >= 0.6 is 22.3 Å². The van der Waals surface area contributed by atoms with Crippen LogP contribution in [0, 0.1) is 5.82 Å². The Kier molecular flexibility index (Phi) is 3.24. The first-order valence-electron chi connectivity index (χ1n) is 3.34. The average Bonchev–Trinajstić information content (AvgIpc) is 2.01. The molecule has 0 aliphatic heterocycles. The normalized spacial score (nSPS) is 11.4. The van der Waals surface area contributed by atoms with Crippen molar-refractivity contribution in [2.45, 2.75) is 4.90 Å². The highest BCUT2D eigenvalue weighted by atomic mass is 35.7. The van der Waals surface area contributed by atoms with Gasteiger partial charge in [-0.15, -0.1) is 0 Å². The van der Waals surface area contributed by atoms with Gasteiger partial charge < -0.3 is 4.74 Å². The zero-order chi connectivity index (χ0) is 10.9. The van der Waals surface area contributed by atoms with Gasteiger partial charge in [0.2, 0.25) is 0 Å². The van der Waals surface area contributed by atoms with E-state index in [9.17, 15) is 12.8 Å². The van der Waals surface area contributed by atoms with Gasteiger partial charge in [0.25, 0.3) is 9.05 Å². The lowest BCUT2D eigenvalue weighted by atomic mass is 10.3. The van der Waals surface area contributed by atoms with E-state index in [0.29, 0.717) is 0 Å². The van der Waals surface area contributed by atoms with Crippen molar-refractivity contribution in [3.8, 4) is 5.75 Å². The Morgan fingerprint density at radius 2 is 2.00 bits per heavy atom. The van der Waals surface area contributed by atoms with Gasteiger partial charge in [0.15, 0.2) is 11.6 Å². The quantitative estimate of drug-likeness (QED) is 0.766. The molecule has 7 heteroatoms. The molecule has 1 aromatic carbocycles. The zero-order valence-electron chi connectivity index (χ0n) is 6.92. The molecule has 0 amide bonds. The van der Waals surface area contributed by atoms with E-state index in [4.69, 9.17) is 22.3 Å². The van der Waals surface area contributed by atoms with E-state index >= 15 is 0 Å². The number of benzene rings is 1. The number of halogens is 3. The Labute approximate surface area is 89.8 Å². The highest BCUT2D eigenvalue weighted by Gasteiger charge is 2.17. The summed E-state index contributed by atoms with van der Waals surface area (Å²) in [6.07, 6.45) is 0. The SMILES string of the molecule is COc1c(F)cc(S(=O)(=O)Cl)cc1Cl. The highest BCUT2D eigenvalue weighted by Crippen LogP contribution is 2.31. The van der Waals surface area contributed by atoms with Crippen LogP contribution in [0.5, 0.6) is 5.75 Å². The molecule has 0 unspecified atom stereocenters. The molecule has 0 aliphatic carbocycles. The molecular formula is C7H5Cl2FO3S. The monoisotopic (exact) mass is 258 g/mol. The first-order chi connectivity index (χ1) is 6.36. The molecule has 3 nitrogen and oxygen atoms in total. The molecule has 14 heavy (non-hydrogen) atoms. The van der Waals surface area contributed by atoms with Crippen LogP contribution in [0.15, 0.2) is 17.0 Å². The summed E-state index contributed by atoms with van der Waals surface area (Å²) in [5.74, 6) is -1.09. The largest absolute Gasteiger partial charge is 0.492 e. The van der Waals surface area contributed by atoms with Crippen LogP contribution in [-0.2, 0) is 9.05 Å². The van der Waals surface area contributed by atoms with Gasteiger partial charge in [-0.1, -0.05) is 11.6 Å². The molecule has 0 aromatic heterocycles. The van der Waals surface area contributed by atoms with Crippen molar-refractivity contribution in [1.82, 2.24) is 0 Å². The predicted molar refractivity (Wildman–Crippen MR) is 51.0 cm³/mol. The third-order valence-electron chi connectivity index (χ3n) is 1.46. The van der Waals surface area contributed by atoms with E-state index in [0.717, 1.165) is 12.1 Å². The van der Waals surface area contributed by atoms with E-state index in [1.54, 1.807) is 0 Å². The van der Waals surface area contributed by atoms with Crippen molar-refractivity contribution >= 4 is 31.3 Å². The standard InChI is InChI=1S/C7H5Cl2FO3S/c1-13-7-5(8)2-4(3-6(7)10)14(9,11)12/h2-3H,1H3. The zero-order valence-corrected chi connectivity index (χ0v) is 9.25. The minimum Gasteiger partial charge on any atom is -0.492 e. The van der Waals surface area contributed by atoms with Crippen LogP contribution in [0.25, 0.3) is 0 Å².